The first-order chi connectivity index (χ1) is 10.2. The summed E-state index contributed by atoms with van der Waals surface area (Å²) in [5.74, 6) is 1.55. The number of halogens is 1. The molecule has 21 heavy (non-hydrogen) atoms. The van der Waals surface area contributed by atoms with E-state index in [1.54, 1.807) is 0 Å². The number of benzene rings is 2. The second kappa shape index (κ2) is 5.80. The number of fused-ring (bicyclic) bond motifs is 1. The largest absolute Gasteiger partial charge is 0.489 e. The lowest BCUT2D eigenvalue weighted by molar-refractivity contribution is 0.303. The monoisotopic (exact) mass is 301 g/mol. The van der Waals surface area contributed by atoms with Gasteiger partial charge in [0.1, 0.15) is 23.7 Å². The number of rotatable bonds is 4. The molecule has 0 aliphatic carbocycles. The molecule has 0 atom stereocenters. The van der Waals surface area contributed by atoms with Crippen molar-refractivity contribution >= 4 is 22.6 Å². The van der Waals surface area contributed by atoms with Crippen LogP contribution in [0.25, 0.3) is 11.0 Å². The topological polar surface area (TPSA) is 48.4 Å². The molecule has 0 radical (unpaired) electrons. The summed E-state index contributed by atoms with van der Waals surface area (Å²) in [5, 5.41) is 1.78. The summed E-state index contributed by atoms with van der Waals surface area (Å²) in [6.45, 7) is 2.73. The van der Waals surface area contributed by atoms with Crippen LogP contribution in [-0.2, 0) is 13.2 Å². The average molecular weight is 302 g/mol. The van der Waals surface area contributed by atoms with Crippen LogP contribution in [0.1, 0.15) is 16.9 Å². The fraction of sp³-hybridized carbons (Fsp3) is 0.176. The number of aryl methyl sites for hydroxylation is 1. The molecule has 1 aromatic heterocycles. The van der Waals surface area contributed by atoms with Crippen LogP contribution < -0.4 is 10.5 Å². The van der Waals surface area contributed by atoms with Gasteiger partial charge in [-0.05, 0) is 36.8 Å². The highest BCUT2D eigenvalue weighted by atomic mass is 35.5. The van der Waals surface area contributed by atoms with Crippen molar-refractivity contribution in [2.24, 2.45) is 5.73 Å². The van der Waals surface area contributed by atoms with Gasteiger partial charge in [-0.2, -0.15) is 0 Å². The molecular formula is C17H16ClNO2. The van der Waals surface area contributed by atoms with E-state index in [-0.39, 0.29) is 0 Å². The lowest BCUT2D eigenvalue weighted by Crippen LogP contribution is -2.02. The van der Waals surface area contributed by atoms with Crippen molar-refractivity contribution in [2.45, 2.75) is 20.1 Å². The van der Waals surface area contributed by atoms with Gasteiger partial charge in [-0.25, -0.2) is 0 Å². The highest BCUT2D eigenvalue weighted by Gasteiger charge is 2.13. The summed E-state index contributed by atoms with van der Waals surface area (Å²) < 4.78 is 11.6. The van der Waals surface area contributed by atoms with Crippen molar-refractivity contribution in [3.8, 4) is 5.75 Å². The van der Waals surface area contributed by atoms with E-state index in [9.17, 15) is 0 Å². The molecule has 0 saturated carbocycles. The third kappa shape index (κ3) is 2.75. The number of nitrogens with two attached hydrogens (primary N) is 1. The van der Waals surface area contributed by atoms with Crippen LogP contribution in [0, 0.1) is 6.92 Å². The van der Waals surface area contributed by atoms with E-state index in [0.29, 0.717) is 13.2 Å². The summed E-state index contributed by atoms with van der Waals surface area (Å²) in [6.07, 6.45) is 0. The summed E-state index contributed by atoms with van der Waals surface area (Å²) in [7, 11) is 0. The van der Waals surface area contributed by atoms with Crippen LogP contribution in [0.15, 0.2) is 46.9 Å². The Morgan fingerprint density at radius 2 is 2.00 bits per heavy atom. The van der Waals surface area contributed by atoms with Crippen LogP contribution in [0.5, 0.6) is 5.75 Å². The van der Waals surface area contributed by atoms with Crippen LogP contribution in [0.4, 0.5) is 0 Å². The Hall–Kier alpha value is -1.97. The van der Waals surface area contributed by atoms with Crippen LogP contribution in [0.3, 0.4) is 0 Å². The number of hydrogen-bond donors (Lipinski definition) is 1. The standard InChI is InChI=1S/C17H16ClNO2/c1-11-8-12(6-7-15(11)18)20-10-14-13-4-2-3-5-16(13)21-17(14)9-19/h2-8H,9-10,19H2,1H3. The van der Waals surface area contributed by atoms with Crippen molar-refractivity contribution in [2.75, 3.05) is 0 Å². The SMILES string of the molecule is Cc1cc(OCc2c(CN)oc3ccccc23)ccc1Cl. The van der Waals surface area contributed by atoms with Crippen LogP contribution in [-0.4, -0.2) is 0 Å². The van der Waals surface area contributed by atoms with E-state index < -0.39 is 0 Å². The molecule has 3 aromatic rings. The van der Waals surface area contributed by atoms with E-state index in [2.05, 4.69) is 0 Å². The molecule has 0 fully saturated rings. The molecular weight excluding hydrogens is 286 g/mol. The zero-order valence-corrected chi connectivity index (χ0v) is 12.5. The van der Waals surface area contributed by atoms with Gasteiger partial charge in [0.2, 0.25) is 0 Å². The summed E-state index contributed by atoms with van der Waals surface area (Å²) in [6, 6.07) is 13.5. The van der Waals surface area contributed by atoms with Gasteiger partial charge in [0.15, 0.2) is 0 Å². The molecule has 108 valence electrons. The van der Waals surface area contributed by atoms with Crippen molar-refractivity contribution in [3.05, 3.63) is 64.4 Å². The maximum absolute atomic E-state index is 6.02. The molecule has 0 bridgehead atoms. The molecule has 0 spiro atoms. The molecule has 0 saturated heterocycles. The highest BCUT2D eigenvalue weighted by Crippen LogP contribution is 2.28. The van der Waals surface area contributed by atoms with Gasteiger partial charge in [0.05, 0.1) is 6.54 Å². The second-order valence-electron chi connectivity index (χ2n) is 4.90. The van der Waals surface area contributed by atoms with Gasteiger partial charge in [-0.1, -0.05) is 29.8 Å². The molecule has 1 heterocycles. The van der Waals surface area contributed by atoms with Gasteiger partial charge in [0.25, 0.3) is 0 Å². The number of hydrogen-bond acceptors (Lipinski definition) is 3. The maximum atomic E-state index is 6.02. The summed E-state index contributed by atoms with van der Waals surface area (Å²) in [5.41, 5.74) is 8.59. The minimum absolute atomic E-state index is 0.354. The van der Waals surface area contributed by atoms with E-state index >= 15 is 0 Å². The summed E-state index contributed by atoms with van der Waals surface area (Å²) >= 11 is 6.02. The number of ether oxygens (including phenoxy) is 1. The molecule has 4 heteroatoms. The highest BCUT2D eigenvalue weighted by molar-refractivity contribution is 6.31. The third-order valence-corrected chi connectivity index (χ3v) is 3.90. The average Bonchev–Trinajstić information content (AvgIpc) is 2.86. The van der Waals surface area contributed by atoms with E-state index in [1.165, 1.54) is 0 Å². The van der Waals surface area contributed by atoms with Crippen molar-refractivity contribution < 1.29 is 9.15 Å². The number of furan rings is 1. The minimum Gasteiger partial charge on any atom is -0.489 e. The van der Waals surface area contributed by atoms with Crippen molar-refractivity contribution in [1.82, 2.24) is 0 Å². The first-order valence-corrected chi connectivity index (χ1v) is 7.15. The fourth-order valence-electron chi connectivity index (χ4n) is 2.34. The van der Waals surface area contributed by atoms with E-state index in [4.69, 9.17) is 26.5 Å². The normalized spacial score (nSPS) is 11.0. The fourth-order valence-corrected chi connectivity index (χ4v) is 2.45. The quantitative estimate of drug-likeness (QED) is 0.775. The lowest BCUT2D eigenvalue weighted by Gasteiger charge is -2.08. The Bertz CT molecular complexity index is 780. The van der Waals surface area contributed by atoms with Crippen LogP contribution >= 0.6 is 11.6 Å². The molecule has 3 rings (SSSR count). The Balaban J connectivity index is 1.89. The predicted octanol–water partition coefficient (Wildman–Crippen LogP) is 4.43. The molecule has 2 aromatic carbocycles. The van der Waals surface area contributed by atoms with Gasteiger partial charge in [-0.15, -0.1) is 0 Å². The lowest BCUT2D eigenvalue weighted by atomic mass is 10.1. The molecule has 2 N–H and O–H groups in total. The van der Waals surface area contributed by atoms with E-state index in [0.717, 1.165) is 38.6 Å². The first-order valence-electron chi connectivity index (χ1n) is 6.77. The molecule has 3 nitrogen and oxygen atoms in total. The molecule has 0 aliphatic heterocycles. The minimum atomic E-state index is 0.354. The molecule has 0 amide bonds. The van der Waals surface area contributed by atoms with Gasteiger partial charge < -0.3 is 14.9 Å². The summed E-state index contributed by atoms with van der Waals surface area (Å²) in [4.78, 5) is 0. The van der Waals surface area contributed by atoms with Crippen LogP contribution in [0.2, 0.25) is 5.02 Å². The maximum Gasteiger partial charge on any atom is 0.134 e. The molecule has 0 unspecified atom stereocenters. The third-order valence-electron chi connectivity index (χ3n) is 3.48. The van der Waals surface area contributed by atoms with Gasteiger partial charge in [-0.3, -0.25) is 0 Å². The Kier molecular flexibility index (Phi) is 3.86. The predicted molar refractivity (Wildman–Crippen MR) is 84.6 cm³/mol. The van der Waals surface area contributed by atoms with Gasteiger partial charge >= 0.3 is 0 Å². The van der Waals surface area contributed by atoms with Gasteiger partial charge in [0, 0.05) is 16.0 Å². The number of para-hydroxylation sites is 1. The molecule has 0 aliphatic rings. The first kappa shape index (κ1) is 14.0. The second-order valence-corrected chi connectivity index (χ2v) is 5.31. The smallest absolute Gasteiger partial charge is 0.134 e. The van der Waals surface area contributed by atoms with E-state index in [1.807, 2.05) is 49.4 Å². The zero-order chi connectivity index (χ0) is 14.8. The Morgan fingerprint density at radius 1 is 1.19 bits per heavy atom. The Labute approximate surface area is 128 Å². The Morgan fingerprint density at radius 3 is 2.76 bits per heavy atom. The zero-order valence-electron chi connectivity index (χ0n) is 11.7. The van der Waals surface area contributed by atoms with Crippen molar-refractivity contribution in [1.29, 1.82) is 0 Å². The van der Waals surface area contributed by atoms with Crippen molar-refractivity contribution in [3.63, 3.8) is 0 Å².